The molecule has 1 saturated heterocycles. The lowest BCUT2D eigenvalue weighted by Crippen LogP contribution is -2.33. The van der Waals surface area contributed by atoms with E-state index in [1.165, 1.54) is 10.8 Å². The van der Waals surface area contributed by atoms with Crippen molar-refractivity contribution in [1.82, 2.24) is 9.55 Å². The van der Waals surface area contributed by atoms with Crippen LogP contribution in [0.25, 0.3) is 0 Å². The van der Waals surface area contributed by atoms with Gasteiger partial charge in [-0.25, -0.2) is 4.98 Å². The minimum Gasteiger partial charge on any atom is -0.394 e. The van der Waals surface area contributed by atoms with Crippen LogP contribution in [0.1, 0.15) is 11.8 Å². The number of aromatic nitrogens is 2. The number of ether oxygens (including phenoxy) is 1. The van der Waals surface area contributed by atoms with Gasteiger partial charge in [0.25, 0.3) is 0 Å². The number of nitrogens with one attached hydrogen (secondary N) is 1. The molecule has 1 aromatic heterocycles. The van der Waals surface area contributed by atoms with Gasteiger partial charge < -0.3 is 20.1 Å². The Balaban J connectivity index is 2.38. The van der Waals surface area contributed by atoms with Crippen LogP contribution in [0.2, 0.25) is 0 Å². The zero-order chi connectivity index (χ0) is 14.2. The highest BCUT2D eigenvalue weighted by atomic mass is 32.1. The maximum Gasteiger partial charge on any atom is 0.203 e. The van der Waals surface area contributed by atoms with Crippen molar-refractivity contribution >= 4 is 18.0 Å². The highest BCUT2D eigenvalue weighted by Gasteiger charge is 2.43. The summed E-state index contributed by atoms with van der Waals surface area (Å²) in [5.41, 5.74) is 2.49. The predicted molar refractivity (Wildman–Crippen MR) is 66.2 cm³/mol. The van der Waals surface area contributed by atoms with E-state index < -0.39 is 31.1 Å². The van der Waals surface area contributed by atoms with Crippen molar-refractivity contribution in [1.29, 1.82) is 0 Å². The second kappa shape index (κ2) is 5.49. The van der Waals surface area contributed by atoms with Gasteiger partial charge >= 0.3 is 0 Å². The second-order valence-corrected chi connectivity index (χ2v) is 4.67. The van der Waals surface area contributed by atoms with E-state index in [-0.39, 0.29) is 10.6 Å². The molecule has 1 aliphatic heterocycles. The molecular weight excluding hydrogens is 274 g/mol. The third-order valence-corrected chi connectivity index (χ3v) is 3.33. The average molecular weight is 289 g/mol. The van der Waals surface area contributed by atoms with Gasteiger partial charge in [0.2, 0.25) is 4.77 Å². The highest BCUT2D eigenvalue weighted by molar-refractivity contribution is 7.71. The zero-order valence-electron chi connectivity index (χ0n) is 10.1. The highest BCUT2D eigenvalue weighted by Crippen LogP contribution is 2.30. The molecule has 19 heavy (non-hydrogen) atoms. The summed E-state index contributed by atoms with van der Waals surface area (Å²) in [6.07, 6.45) is -2.70. The molecule has 4 atom stereocenters. The molecule has 0 aromatic carbocycles. The SMILES string of the molecule is Cc1cn([C@@H]2O[C@H](CO)C(O)C2O)c(=S)nc1NO. The lowest BCUT2D eigenvalue weighted by molar-refractivity contribution is -0.0541. The summed E-state index contributed by atoms with van der Waals surface area (Å²) in [4.78, 5) is 3.93. The molecule has 8 nitrogen and oxygen atoms in total. The Hall–Kier alpha value is -1.10. The van der Waals surface area contributed by atoms with Crippen LogP contribution in [-0.4, -0.2) is 55.0 Å². The number of nitrogens with zero attached hydrogens (tertiary/aromatic N) is 2. The molecule has 1 aromatic rings. The molecule has 2 rings (SSSR count). The number of aliphatic hydroxyl groups is 3. The number of hydrogen-bond donors (Lipinski definition) is 5. The first-order valence-corrected chi connectivity index (χ1v) is 6.02. The Labute approximate surface area is 113 Å². The van der Waals surface area contributed by atoms with Crippen LogP contribution in [0.15, 0.2) is 6.20 Å². The van der Waals surface area contributed by atoms with Crippen LogP contribution < -0.4 is 5.48 Å². The normalized spacial score (nSPS) is 30.6. The first-order chi connectivity index (χ1) is 8.99. The second-order valence-electron chi connectivity index (χ2n) is 4.30. The van der Waals surface area contributed by atoms with Crippen LogP contribution in [0.3, 0.4) is 0 Å². The molecule has 9 heteroatoms. The van der Waals surface area contributed by atoms with E-state index in [0.717, 1.165) is 0 Å². The van der Waals surface area contributed by atoms with Crippen molar-refractivity contribution in [3.05, 3.63) is 16.5 Å². The van der Waals surface area contributed by atoms with Gasteiger partial charge in [-0.3, -0.25) is 15.3 Å². The molecule has 0 saturated carbocycles. The molecule has 0 spiro atoms. The number of hydrogen-bond acceptors (Lipinski definition) is 8. The largest absolute Gasteiger partial charge is 0.394 e. The quantitative estimate of drug-likeness (QED) is 0.367. The maximum atomic E-state index is 9.91. The van der Waals surface area contributed by atoms with Crippen molar-refractivity contribution in [2.45, 2.75) is 31.5 Å². The maximum absolute atomic E-state index is 9.91. The van der Waals surface area contributed by atoms with E-state index in [1.54, 1.807) is 6.92 Å². The summed E-state index contributed by atoms with van der Waals surface area (Å²) >= 11 is 5.03. The van der Waals surface area contributed by atoms with E-state index in [1.807, 2.05) is 5.48 Å². The van der Waals surface area contributed by atoms with Crippen molar-refractivity contribution < 1.29 is 25.3 Å². The fraction of sp³-hybridized carbons (Fsp3) is 0.600. The van der Waals surface area contributed by atoms with E-state index in [2.05, 4.69) is 4.98 Å². The van der Waals surface area contributed by atoms with Gasteiger partial charge in [0.15, 0.2) is 12.0 Å². The van der Waals surface area contributed by atoms with E-state index in [0.29, 0.717) is 5.56 Å². The van der Waals surface area contributed by atoms with Crippen LogP contribution in [0.5, 0.6) is 0 Å². The van der Waals surface area contributed by atoms with Crippen molar-refractivity contribution in [3.8, 4) is 0 Å². The average Bonchev–Trinajstić information content (AvgIpc) is 2.68. The number of anilines is 1. The molecule has 1 fully saturated rings. The van der Waals surface area contributed by atoms with Gasteiger partial charge in [0.1, 0.15) is 18.3 Å². The smallest absolute Gasteiger partial charge is 0.203 e. The first kappa shape index (κ1) is 14.3. The molecular formula is C10H15N3O5S. The van der Waals surface area contributed by atoms with Crippen LogP contribution in [0, 0.1) is 11.7 Å². The first-order valence-electron chi connectivity index (χ1n) is 5.62. The van der Waals surface area contributed by atoms with Gasteiger partial charge in [-0.1, -0.05) is 0 Å². The van der Waals surface area contributed by atoms with Crippen molar-refractivity contribution in [3.63, 3.8) is 0 Å². The monoisotopic (exact) mass is 289 g/mol. The Morgan fingerprint density at radius 3 is 2.68 bits per heavy atom. The topological polar surface area (TPSA) is 120 Å². The summed E-state index contributed by atoms with van der Waals surface area (Å²) in [6, 6.07) is 0. The molecule has 2 unspecified atom stereocenters. The third-order valence-electron chi connectivity index (χ3n) is 3.03. The van der Waals surface area contributed by atoms with Crippen molar-refractivity contribution in [2.24, 2.45) is 0 Å². The summed E-state index contributed by atoms with van der Waals surface area (Å²) in [5.74, 6) is 0.202. The van der Waals surface area contributed by atoms with E-state index >= 15 is 0 Å². The number of rotatable bonds is 3. The molecule has 0 amide bonds. The van der Waals surface area contributed by atoms with Gasteiger partial charge in [0, 0.05) is 11.8 Å². The Bertz CT molecular complexity index is 522. The summed E-state index contributed by atoms with van der Waals surface area (Å²) in [6.45, 7) is 1.27. The van der Waals surface area contributed by atoms with Crippen LogP contribution in [0.4, 0.5) is 5.82 Å². The van der Waals surface area contributed by atoms with Crippen LogP contribution in [-0.2, 0) is 4.74 Å². The van der Waals surface area contributed by atoms with E-state index in [9.17, 15) is 10.2 Å². The molecule has 106 valence electrons. The minimum atomic E-state index is -1.22. The van der Waals surface area contributed by atoms with Crippen LogP contribution >= 0.6 is 12.2 Å². The molecule has 0 bridgehead atoms. The van der Waals surface area contributed by atoms with Gasteiger partial charge in [0.05, 0.1) is 6.61 Å². The molecule has 5 N–H and O–H groups in total. The summed E-state index contributed by atoms with van der Waals surface area (Å²) in [7, 11) is 0. The predicted octanol–water partition coefficient (Wildman–Crippen LogP) is -0.666. The lowest BCUT2D eigenvalue weighted by atomic mass is 10.1. The van der Waals surface area contributed by atoms with E-state index in [4.69, 9.17) is 27.3 Å². The lowest BCUT2D eigenvalue weighted by Gasteiger charge is -2.19. The fourth-order valence-corrected chi connectivity index (χ4v) is 2.22. The fourth-order valence-electron chi connectivity index (χ4n) is 1.97. The van der Waals surface area contributed by atoms with Gasteiger partial charge in [-0.05, 0) is 19.1 Å². The minimum absolute atomic E-state index is 0.0667. The third kappa shape index (κ3) is 2.48. The Kier molecular flexibility index (Phi) is 4.13. The zero-order valence-corrected chi connectivity index (χ0v) is 10.9. The Morgan fingerprint density at radius 1 is 1.47 bits per heavy atom. The summed E-state index contributed by atoms with van der Waals surface area (Å²) in [5, 5.41) is 37.5. The molecule has 0 radical (unpaired) electrons. The molecule has 2 heterocycles. The standard InChI is InChI=1S/C10H15N3O5S/c1-4-2-13(10(19)11-8(4)12-17)9-7(16)6(15)5(3-14)18-9/h2,5-7,9,14-17H,3H2,1H3,(H,11,12,19)/t5-,6?,7?,9-/m1/s1. The van der Waals surface area contributed by atoms with Gasteiger partial charge in [-0.2, -0.15) is 0 Å². The Morgan fingerprint density at radius 2 is 2.16 bits per heavy atom. The molecule has 1 aliphatic rings. The van der Waals surface area contributed by atoms with Crippen molar-refractivity contribution in [2.75, 3.05) is 12.1 Å². The van der Waals surface area contributed by atoms with Gasteiger partial charge in [-0.15, -0.1) is 0 Å². The number of aliphatic hydroxyl groups excluding tert-OH is 3. The molecule has 0 aliphatic carbocycles. The number of aryl methyl sites for hydroxylation is 1. The summed E-state index contributed by atoms with van der Waals surface area (Å²) < 4.78 is 6.79.